The van der Waals surface area contributed by atoms with Crippen molar-refractivity contribution >= 4 is 11.9 Å². The molecule has 0 bridgehead atoms. The molecule has 34 heavy (non-hydrogen) atoms. The summed E-state index contributed by atoms with van der Waals surface area (Å²) in [4.78, 5) is 28.8. The van der Waals surface area contributed by atoms with Gasteiger partial charge >= 0.3 is 0 Å². The van der Waals surface area contributed by atoms with Gasteiger partial charge in [0.15, 0.2) is 11.5 Å². The maximum absolute atomic E-state index is 14.7. The molecule has 2 heterocycles. The van der Waals surface area contributed by atoms with Crippen LogP contribution in [0, 0.1) is 17.3 Å². The molecule has 1 saturated carbocycles. The van der Waals surface area contributed by atoms with E-state index >= 15 is 0 Å². The number of carbonyl (C=O) groups excluding carboxylic acids is 1. The van der Waals surface area contributed by atoms with E-state index < -0.39 is 22.7 Å². The van der Waals surface area contributed by atoms with Crippen molar-refractivity contribution in [3.8, 4) is 11.1 Å². The standard InChI is InChI=1S/C26H32FN5O2/c1-15-8-25(9-16(2)21(15)33)10-18-6-5-17(19-11-29-14-30-12-19)7-20(18)26(25)22(34)32(23(28)31-26)13-24(3,4)27/h5-7,11-12,14-16,21,33H,8-10,13H2,1-4H3,(H2,28,31)/t15-,16+,21?,25?,26-/m1/s1. The summed E-state index contributed by atoms with van der Waals surface area (Å²) in [5, 5.41) is 10.7. The highest BCUT2D eigenvalue weighted by molar-refractivity contribution is 6.08. The third kappa shape index (κ3) is 3.26. The molecule has 1 fully saturated rings. The van der Waals surface area contributed by atoms with Gasteiger partial charge in [-0.1, -0.05) is 26.0 Å². The van der Waals surface area contributed by atoms with Crippen LogP contribution in [0.5, 0.6) is 0 Å². The quantitative estimate of drug-likeness (QED) is 0.724. The van der Waals surface area contributed by atoms with Crippen LogP contribution in [0.2, 0.25) is 0 Å². The lowest BCUT2D eigenvalue weighted by molar-refractivity contribution is -0.142. The van der Waals surface area contributed by atoms with Gasteiger partial charge < -0.3 is 10.8 Å². The highest BCUT2D eigenvalue weighted by atomic mass is 19.1. The molecule has 2 spiro atoms. The number of fused-ring (bicyclic) bond motifs is 3. The molecular weight excluding hydrogens is 433 g/mol. The van der Waals surface area contributed by atoms with Crippen molar-refractivity contribution in [2.24, 2.45) is 28.0 Å². The zero-order valence-electron chi connectivity index (χ0n) is 20.1. The molecule has 3 N–H and O–H groups in total. The molecule has 0 saturated heterocycles. The van der Waals surface area contributed by atoms with E-state index in [0.29, 0.717) is 19.3 Å². The van der Waals surface area contributed by atoms with Crippen molar-refractivity contribution in [3.63, 3.8) is 0 Å². The van der Waals surface area contributed by atoms with E-state index in [2.05, 4.69) is 16.0 Å². The maximum Gasteiger partial charge on any atom is 0.262 e. The number of aliphatic imine (C=N–C) groups is 1. The first-order valence-corrected chi connectivity index (χ1v) is 11.9. The number of guanidine groups is 1. The van der Waals surface area contributed by atoms with E-state index in [0.717, 1.165) is 22.3 Å². The first kappa shape index (κ1) is 22.9. The van der Waals surface area contributed by atoms with Crippen molar-refractivity contribution in [2.75, 3.05) is 6.54 Å². The fraction of sp³-hybridized carbons (Fsp3) is 0.538. The number of benzene rings is 1. The number of rotatable bonds is 3. The summed E-state index contributed by atoms with van der Waals surface area (Å²) < 4.78 is 14.7. The summed E-state index contributed by atoms with van der Waals surface area (Å²) >= 11 is 0. The van der Waals surface area contributed by atoms with Crippen LogP contribution >= 0.6 is 0 Å². The van der Waals surface area contributed by atoms with Crippen LogP contribution < -0.4 is 5.73 Å². The molecule has 1 aromatic carbocycles. The number of carbonyl (C=O) groups is 1. The molecule has 5 atom stereocenters. The molecule has 7 nitrogen and oxygen atoms in total. The van der Waals surface area contributed by atoms with E-state index in [9.17, 15) is 14.3 Å². The molecule has 2 unspecified atom stereocenters. The number of aliphatic hydroxyl groups excluding tert-OH is 1. The summed E-state index contributed by atoms with van der Waals surface area (Å²) in [6.45, 7) is 6.77. The van der Waals surface area contributed by atoms with Crippen molar-refractivity contribution in [1.82, 2.24) is 14.9 Å². The second-order valence-corrected chi connectivity index (χ2v) is 11.1. The third-order valence-corrected chi connectivity index (χ3v) is 7.93. The average molecular weight is 466 g/mol. The molecule has 1 aromatic heterocycles. The fourth-order valence-corrected chi connectivity index (χ4v) is 6.66. The number of aromatic nitrogens is 2. The maximum atomic E-state index is 14.7. The predicted octanol–water partition coefficient (Wildman–Crippen LogP) is 3.21. The Labute approximate surface area is 199 Å². The van der Waals surface area contributed by atoms with Crippen LogP contribution in [-0.4, -0.2) is 50.2 Å². The monoisotopic (exact) mass is 465 g/mol. The van der Waals surface area contributed by atoms with Crippen molar-refractivity contribution in [3.05, 3.63) is 48.0 Å². The molecule has 5 rings (SSSR count). The van der Waals surface area contributed by atoms with Crippen molar-refractivity contribution < 1.29 is 14.3 Å². The second kappa shape index (κ2) is 7.57. The number of hydrogen-bond donors (Lipinski definition) is 2. The van der Waals surface area contributed by atoms with Crippen molar-refractivity contribution in [2.45, 2.75) is 64.3 Å². The number of hydrogen-bond acceptors (Lipinski definition) is 6. The topological polar surface area (TPSA) is 105 Å². The largest absolute Gasteiger partial charge is 0.393 e. The Hall–Kier alpha value is -2.87. The van der Waals surface area contributed by atoms with Gasteiger partial charge in [-0.3, -0.25) is 9.69 Å². The molecule has 180 valence electrons. The average Bonchev–Trinajstić information content (AvgIpc) is 3.18. The van der Waals surface area contributed by atoms with Crippen LogP contribution in [0.1, 0.15) is 51.7 Å². The summed E-state index contributed by atoms with van der Waals surface area (Å²) in [5.41, 5.74) is 6.52. The minimum absolute atomic E-state index is 0.00665. The number of nitrogens with zero attached hydrogens (tertiary/aromatic N) is 4. The molecule has 2 aromatic rings. The Balaban J connectivity index is 1.70. The molecule has 3 aliphatic rings. The number of aliphatic hydroxyl groups is 1. The van der Waals surface area contributed by atoms with Gasteiger partial charge in [-0.2, -0.15) is 0 Å². The minimum Gasteiger partial charge on any atom is -0.393 e. The van der Waals surface area contributed by atoms with E-state index in [1.165, 1.54) is 25.1 Å². The molecule has 8 heteroatoms. The lowest BCUT2D eigenvalue weighted by Gasteiger charge is -2.49. The van der Waals surface area contributed by atoms with Gasteiger partial charge in [-0.05, 0) is 67.7 Å². The summed E-state index contributed by atoms with van der Waals surface area (Å²) in [7, 11) is 0. The van der Waals surface area contributed by atoms with Crippen LogP contribution in [0.15, 0.2) is 41.9 Å². The summed E-state index contributed by atoms with van der Waals surface area (Å²) in [5.74, 6) is -0.227. The molecular formula is C26H32FN5O2. The van der Waals surface area contributed by atoms with Crippen molar-refractivity contribution in [1.29, 1.82) is 0 Å². The van der Waals surface area contributed by atoms with Gasteiger partial charge in [-0.25, -0.2) is 19.4 Å². The molecule has 0 radical (unpaired) electrons. The third-order valence-electron chi connectivity index (χ3n) is 7.93. The number of halogens is 1. The van der Waals surface area contributed by atoms with E-state index in [4.69, 9.17) is 10.7 Å². The first-order valence-electron chi connectivity index (χ1n) is 11.9. The van der Waals surface area contributed by atoms with E-state index in [1.807, 2.05) is 26.0 Å². The normalized spacial score (nSPS) is 33.0. The van der Waals surface area contributed by atoms with Gasteiger partial charge in [0.25, 0.3) is 5.91 Å². The van der Waals surface area contributed by atoms with Crippen LogP contribution in [-0.2, 0) is 16.8 Å². The zero-order chi connectivity index (χ0) is 24.5. The van der Waals surface area contributed by atoms with Crippen LogP contribution in [0.3, 0.4) is 0 Å². The zero-order valence-corrected chi connectivity index (χ0v) is 20.1. The second-order valence-electron chi connectivity index (χ2n) is 11.1. The molecule has 1 aliphatic heterocycles. The molecule has 1 amide bonds. The summed E-state index contributed by atoms with van der Waals surface area (Å²) in [6, 6.07) is 6.07. The fourth-order valence-electron chi connectivity index (χ4n) is 6.66. The smallest absolute Gasteiger partial charge is 0.262 e. The van der Waals surface area contributed by atoms with Gasteiger partial charge in [0, 0.05) is 23.4 Å². The number of amides is 1. The Morgan fingerprint density at radius 2 is 1.82 bits per heavy atom. The minimum atomic E-state index is -1.62. The van der Waals surface area contributed by atoms with Gasteiger partial charge in [-0.15, -0.1) is 0 Å². The van der Waals surface area contributed by atoms with Gasteiger partial charge in [0.2, 0.25) is 0 Å². The number of nitrogens with two attached hydrogens (primary N) is 1. The van der Waals surface area contributed by atoms with Gasteiger partial charge in [0.1, 0.15) is 12.0 Å². The highest BCUT2D eigenvalue weighted by Gasteiger charge is 2.68. The van der Waals surface area contributed by atoms with Gasteiger partial charge in [0.05, 0.1) is 12.6 Å². The van der Waals surface area contributed by atoms with Crippen LogP contribution in [0.4, 0.5) is 4.39 Å². The Morgan fingerprint density at radius 3 is 2.44 bits per heavy atom. The van der Waals surface area contributed by atoms with E-state index in [-0.39, 0.29) is 30.2 Å². The number of alkyl halides is 1. The lowest BCUT2D eigenvalue weighted by Crippen LogP contribution is -2.56. The first-order chi connectivity index (χ1) is 16.0. The van der Waals surface area contributed by atoms with Crippen LogP contribution in [0.25, 0.3) is 11.1 Å². The highest BCUT2D eigenvalue weighted by Crippen LogP contribution is 2.63. The lowest BCUT2D eigenvalue weighted by atomic mass is 9.56. The SMILES string of the molecule is C[C@@H]1CC2(Cc3ccc(-c4cncnc4)cc3[C@]23N=C(N)N(CC(C)(C)F)C3=O)C[C@H](C)C1O. The summed E-state index contributed by atoms with van der Waals surface area (Å²) in [6.07, 6.45) is 6.43. The Bertz CT molecular complexity index is 1150. The Kier molecular flexibility index (Phi) is 5.10. The molecule has 2 aliphatic carbocycles. The Morgan fingerprint density at radius 1 is 1.18 bits per heavy atom. The van der Waals surface area contributed by atoms with E-state index in [1.54, 1.807) is 12.4 Å². The predicted molar refractivity (Wildman–Crippen MR) is 127 cm³/mol.